The molecule has 6 heteroatoms. The lowest BCUT2D eigenvalue weighted by Crippen LogP contribution is -2.46. The second-order valence-corrected chi connectivity index (χ2v) is 6.75. The van der Waals surface area contributed by atoms with Crippen molar-refractivity contribution in [2.24, 2.45) is 0 Å². The van der Waals surface area contributed by atoms with Crippen LogP contribution >= 0.6 is 0 Å². The van der Waals surface area contributed by atoms with Gasteiger partial charge in [-0.25, -0.2) is 0 Å². The standard InChI is InChI=1S/C22H28N2O4/c1-26-20-15-17(16-21(27-2)22(20)28-3)19(25)9-10-23-11-13-24(14-12-23)18-7-5-4-6-8-18/h4-8,15-16H,9-14H2,1-3H3. The van der Waals surface area contributed by atoms with Crippen molar-refractivity contribution in [1.82, 2.24) is 4.90 Å². The van der Waals surface area contributed by atoms with Gasteiger partial charge in [0.15, 0.2) is 17.3 Å². The average molecular weight is 384 g/mol. The quantitative estimate of drug-likeness (QED) is 0.652. The Kier molecular flexibility index (Phi) is 6.76. The first-order chi connectivity index (χ1) is 13.7. The van der Waals surface area contributed by atoms with Gasteiger partial charge in [-0.3, -0.25) is 9.69 Å². The van der Waals surface area contributed by atoms with Gasteiger partial charge in [0.25, 0.3) is 0 Å². The first-order valence-electron chi connectivity index (χ1n) is 9.51. The molecule has 0 atom stereocenters. The fraction of sp³-hybridized carbons (Fsp3) is 0.409. The highest BCUT2D eigenvalue weighted by molar-refractivity contribution is 5.97. The summed E-state index contributed by atoms with van der Waals surface area (Å²) in [5, 5.41) is 0. The first kappa shape index (κ1) is 20.0. The van der Waals surface area contributed by atoms with Gasteiger partial charge in [-0.15, -0.1) is 0 Å². The summed E-state index contributed by atoms with van der Waals surface area (Å²) in [5.41, 5.74) is 1.84. The van der Waals surface area contributed by atoms with Gasteiger partial charge in [0.2, 0.25) is 5.75 Å². The summed E-state index contributed by atoms with van der Waals surface area (Å²) in [6.45, 7) is 4.61. The average Bonchev–Trinajstić information content (AvgIpc) is 2.77. The van der Waals surface area contributed by atoms with Gasteiger partial charge >= 0.3 is 0 Å². The number of anilines is 1. The molecule has 0 aromatic heterocycles. The first-order valence-corrected chi connectivity index (χ1v) is 9.51. The highest BCUT2D eigenvalue weighted by Crippen LogP contribution is 2.38. The monoisotopic (exact) mass is 384 g/mol. The van der Waals surface area contributed by atoms with Crippen molar-refractivity contribution in [3.8, 4) is 17.2 Å². The minimum atomic E-state index is 0.0738. The Balaban J connectivity index is 1.56. The van der Waals surface area contributed by atoms with Crippen LogP contribution < -0.4 is 19.1 Å². The van der Waals surface area contributed by atoms with Crippen LogP contribution in [0.3, 0.4) is 0 Å². The van der Waals surface area contributed by atoms with Crippen molar-refractivity contribution >= 4 is 11.5 Å². The fourth-order valence-corrected chi connectivity index (χ4v) is 3.51. The summed E-state index contributed by atoms with van der Waals surface area (Å²) in [6.07, 6.45) is 0.462. The normalized spacial score (nSPS) is 14.6. The number of Topliss-reactive ketones (excluding diaryl/α,β-unsaturated/α-hetero) is 1. The highest BCUT2D eigenvalue weighted by Gasteiger charge is 2.20. The van der Waals surface area contributed by atoms with Gasteiger partial charge in [-0.2, -0.15) is 0 Å². The topological polar surface area (TPSA) is 51.2 Å². The Morgan fingerprint density at radius 1 is 0.893 bits per heavy atom. The fourth-order valence-electron chi connectivity index (χ4n) is 3.51. The van der Waals surface area contributed by atoms with Gasteiger partial charge in [-0.1, -0.05) is 18.2 Å². The zero-order valence-corrected chi connectivity index (χ0v) is 16.8. The van der Waals surface area contributed by atoms with Gasteiger partial charge in [0.1, 0.15) is 0 Å². The zero-order valence-electron chi connectivity index (χ0n) is 16.8. The number of hydrogen-bond donors (Lipinski definition) is 0. The van der Waals surface area contributed by atoms with Crippen LogP contribution in [0.2, 0.25) is 0 Å². The molecule has 0 amide bonds. The number of methoxy groups -OCH3 is 3. The molecule has 1 saturated heterocycles. The summed E-state index contributed by atoms with van der Waals surface area (Å²) in [5.74, 6) is 1.58. The largest absolute Gasteiger partial charge is 0.493 e. The van der Waals surface area contributed by atoms with Crippen molar-refractivity contribution in [3.05, 3.63) is 48.0 Å². The van der Waals surface area contributed by atoms with Crippen molar-refractivity contribution < 1.29 is 19.0 Å². The van der Waals surface area contributed by atoms with E-state index in [0.29, 0.717) is 29.2 Å². The van der Waals surface area contributed by atoms with Crippen molar-refractivity contribution in [2.75, 3.05) is 59.0 Å². The molecule has 0 saturated carbocycles. The van der Waals surface area contributed by atoms with Crippen molar-refractivity contribution in [2.45, 2.75) is 6.42 Å². The Hall–Kier alpha value is -2.73. The molecule has 2 aromatic rings. The molecule has 0 aliphatic carbocycles. The molecule has 1 fully saturated rings. The molecule has 3 rings (SSSR count). The molecule has 0 unspecified atom stereocenters. The number of carbonyl (C=O) groups is 1. The summed E-state index contributed by atoms with van der Waals surface area (Å²) >= 11 is 0. The number of ether oxygens (including phenoxy) is 3. The number of benzene rings is 2. The molecule has 150 valence electrons. The van der Waals surface area contributed by atoms with Crippen LogP contribution in [0.4, 0.5) is 5.69 Å². The molecule has 2 aromatic carbocycles. The van der Waals surface area contributed by atoms with Crippen LogP contribution in [0, 0.1) is 0 Å². The summed E-state index contributed by atoms with van der Waals surface area (Å²) in [4.78, 5) is 17.4. The molecule has 1 heterocycles. The number of carbonyl (C=O) groups excluding carboxylic acids is 1. The molecule has 0 bridgehead atoms. The molecule has 1 aliphatic rings. The highest BCUT2D eigenvalue weighted by atomic mass is 16.5. The van der Waals surface area contributed by atoms with E-state index in [1.807, 2.05) is 6.07 Å². The number of nitrogens with zero attached hydrogens (tertiary/aromatic N) is 2. The van der Waals surface area contributed by atoms with Crippen LogP contribution in [0.5, 0.6) is 17.2 Å². The lowest BCUT2D eigenvalue weighted by Gasteiger charge is -2.36. The minimum Gasteiger partial charge on any atom is -0.493 e. The predicted molar refractivity (Wildman–Crippen MR) is 110 cm³/mol. The maximum atomic E-state index is 12.7. The molecule has 0 N–H and O–H groups in total. The van der Waals surface area contributed by atoms with Crippen LogP contribution in [-0.4, -0.2) is 64.7 Å². The number of hydrogen-bond acceptors (Lipinski definition) is 6. The number of piperazine rings is 1. The maximum absolute atomic E-state index is 12.7. The number of para-hydroxylation sites is 1. The Morgan fingerprint density at radius 3 is 2.04 bits per heavy atom. The summed E-state index contributed by atoms with van der Waals surface area (Å²) in [7, 11) is 4.66. The van der Waals surface area contributed by atoms with E-state index in [9.17, 15) is 4.79 Å². The van der Waals surface area contributed by atoms with Gasteiger partial charge in [0, 0.05) is 50.4 Å². The van der Waals surface area contributed by atoms with E-state index >= 15 is 0 Å². The molecular weight excluding hydrogens is 356 g/mol. The summed E-state index contributed by atoms with van der Waals surface area (Å²) in [6, 6.07) is 13.9. The third kappa shape index (κ3) is 4.57. The lowest BCUT2D eigenvalue weighted by atomic mass is 10.1. The Bertz CT molecular complexity index is 761. The Morgan fingerprint density at radius 2 is 1.50 bits per heavy atom. The van der Waals surface area contributed by atoms with Crippen molar-refractivity contribution in [3.63, 3.8) is 0 Å². The van der Waals surface area contributed by atoms with E-state index in [-0.39, 0.29) is 5.78 Å². The van der Waals surface area contributed by atoms with Crippen LogP contribution in [-0.2, 0) is 0 Å². The molecule has 6 nitrogen and oxygen atoms in total. The Labute approximate surface area is 166 Å². The van der Waals surface area contributed by atoms with Crippen LogP contribution in [0.1, 0.15) is 16.8 Å². The molecule has 0 radical (unpaired) electrons. The van der Waals surface area contributed by atoms with Crippen LogP contribution in [0.25, 0.3) is 0 Å². The maximum Gasteiger partial charge on any atom is 0.203 e. The molecule has 1 aliphatic heterocycles. The number of rotatable bonds is 8. The third-order valence-electron chi connectivity index (χ3n) is 5.14. The second-order valence-electron chi connectivity index (χ2n) is 6.75. The molecular formula is C22H28N2O4. The van der Waals surface area contributed by atoms with Crippen molar-refractivity contribution in [1.29, 1.82) is 0 Å². The van der Waals surface area contributed by atoms with E-state index in [2.05, 4.69) is 34.1 Å². The summed E-state index contributed by atoms with van der Waals surface area (Å²) < 4.78 is 16.0. The zero-order chi connectivity index (χ0) is 19.9. The van der Waals surface area contributed by atoms with Gasteiger partial charge in [0.05, 0.1) is 21.3 Å². The van der Waals surface area contributed by atoms with E-state index in [0.717, 1.165) is 32.7 Å². The van der Waals surface area contributed by atoms with Crippen LogP contribution in [0.15, 0.2) is 42.5 Å². The smallest absolute Gasteiger partial charge is 0.203 e. The minimum absolute atomic E-state index is 0.0738. The van der Waals surface area contributed by atoms with E-state index in [1.54, 1.807) is 33.5 Å². The number of ketones is 1. The van der Waals surface area contributed by atoms with E-state index in [1.165, 1.54) is 5.69 Å². The predicted octanol–water partition coefficient (Wildman–Crippen LogP) is 3.11. The third-order valence-corrected chi connectivity index (χ3v) is 5.14. The second kappa shape index (κ2) is 9.46. The van der Waals surface area contributed by atoms with E-state index in [4.69, 9.17) is 14.2 Å². The SMILES string of the molecule is COc1cc(C(=O)CCN2CCN(c3ccccc3)CC2)cc(OC)c1OC. The molecule has 28 heavy (non-hydrogen) atoms. The van der Waals surface area contributed by atoms with Gasteiger partial charge < -0.3 is 19.1 Å². The van der Waals surface area contributed by atoms with Gasteiger partial charge in [-0.05, 0) is 24.3 Å². The molecule has 0 spiro atoms. The van der Waals surface area contributed by atoms with E-state index < -0.39 is 0 Å². The lowest BCUT2D eigenvalue weighted by molar-refractivity contribution is 0.0961.